The molecule has 0 atom stereocenters. The predicted molar refractivity (Wildman–Crippen MR) is 142 cm³/mol. The number of aromatic nitrogens is 3. The Bertz CT molecular complexity index is 1330. The molecular weight excluding hydrogens is 502 g/mol. The monoisotopic (exact) mass is 531 g/mol. The minimum absolute atomic E-state index is 0.129. The SMILES string of the molecule is C=C(c1csnn1)N1CCC(Oc2nc3ccc(C4=CCN(S(=O)(=O)CCC)CC4)cc3s2)CC1. The highest BCUT2D eigenvalue weighted by Crippen LogP contribution is 2.34. The summed E-state index contributed by atoms with van der Waals surface area (Å²) in [6, 6.07) is 6.26. The molecule has 2 aromatic heterocycles. The van der Waals surface area contributed by atoms with Gasteiger partial charge in [-0.05, 0) is 47.6 Å². The van der Waals surface area contributed by atoms with E-state index in [1.807, 2.05) is 24.4 Å². The summed E-state index contributed by atoms with van der Waals surface area (Å²) in [5.41, 5.74) is 5.02. The third-order valence-electron chi connectivity index (χ3n) is 6.51. The van der Waals surface area contributed by atoms with Crippen molar-refractivity contribution in [3.05, 3.63) is 47.5 Å². The predicted octanol–water partition coefficient (Wildman–Crippen LogP) is 4.49. The van der Waals surface area contributed by atoms with Gasteiger partial charge in [0.05, 0.1) is 21.7 Å². The van der Waals surface area contributed by atoms with Crippen molar-refractivity contribution in [2.45, 2.75) is 38.7 Å². The van der Waals surface area contributed by atoms with Gasteiger partial charge in [-0.2, -0.15) is 4.31 Å². The number of ether oxygens (including phenoxy) is 1. The molecule has 186 valence electrons. The molecule has 4 heterocycles. The topological polar surface area (TPSA) is 88.5 Å². The molecule has 2 aliphatic rings. The summed E-state index contributed by atoms with van der Waals surface area (Å²) in [7, 11) is -3.15. The van der Waals surface area contributed by atoms with Crippen LogP contribution in [0, 0.1) is 0 Å². The lowest BCUT2D eigenvalue weighted by molar-refractivity contribution is 0.127. The summed E-state index contributed by atoms with van der Waals surface area (Å²) >= 11 is 2.91. The summed E-state index contributed by atoms with van der Waals surface area (Å²) in [6.07, 6.45) is 5.34. The molecule has 1 aromatic carbocycles. The molecule has 0 unspecified atom stereocenters. The molecule has 1 fully saturated rings. The highest BCUT2D eigenvalue weighted by molar-refractivity contribution is 7.89. The highest BCUT2D eigenvalue weighted by atomic mass is 32.2. The molecule has 0 bridgehead atoms. The van der Waals surface area contributed by atoms with E-state index in [0.717, 1.165) is 59.5 Å². The van der Waals surface area contributed by atoms with Gasteiger partial charge >= 0.3 is 0 Å². The Morgan fingerprint density at radius 1 is 1.26 bits per heavy atom. The number of likely N-dealkylation sites (tertiary alicyclic amines) is 1. The largest absolute Gasteiger partial charge is 0.467 e. The number of benzene rings is 1. The van der Waals surface area contributed by atoms with Gasteiger partial charge in [0.1, 0.15) is 11.8 Å². The Kier molecular flexibility index (Phi) is 7.19. The van der Waals surface area contributed by atoms with Gasteiger partial charge in [0.2, 0.25) is 10.0 Å². The first-order valence-corrected chi connectivity index (χ1v) is 15.1. The van der Waals surface area contributed by atoms with E-state index >= 15 is 0 Å². The van der Waals surface area contributed by atoms with Crippen molar-refractivity contribution < 1.29 is 13.2 Å². The van der Waals surface area contributed by atoms with Crippen LogP contribution in [0.25, 0.3) is 21.5 Å². The van der Waals surface area contributed by atoms with E-state index in [1.54, 1.807) is 15.6 Å². The number of fused-ring (bicyclic) bond motifs is 1. The molecule has 11 heteroatoms. The van der Waals surface area contributed by atoms with Gasteiger partial charge in [-0.15, -0.1) is 5.10 Å². The van der Waals surface area contributed by atoms with E-state index in [0.29, 0.717) is 24.7 Å². The fourth-order valence-electron chi connectivity index (χ4n) is 4.54. The van der Waals surface area contributed by atoms with Gasteiger partial charge in [-0.1, -0.05) is 41.5 Å². The van der Waals surface area contributed by atoms with Gasteiger partial charge < -0.3 is 9.64 Å². The summed E-state index contributed by atoms with van der Waals surface area (Å²) < 4.78 is 37.5. The van der Waals surface area contributed by atoms with E-state index in [1.165, 1.54) is 17.1 Å². The van der Waals surface area contributed by atoms with Gasteiger partial charge in [0.15, 0.2) is 0 Å². The van der Waals surface area contributed by atoms with Gasteiger partial charge in [0, 0.05) is 44.4 Å². The van der Waals surface area contributed by atoms with Crippen molar-refractivity contribution in [2.75, 3.05) is 31.9 Å². The first kappa shape index (κ1) is 24.4. The van der Waals surface area contributed by atoms with Crippen LogP contribution in [0.4, 0.5) is 0 Å². The molecular formula is C24H29N5O3S3. The Morgan fingerprint density at radius 2 is 2.09 bits per heavy atom. The lowest BCUT2D eigenvalue weighted by Crippen LogP contribution is -2.37. The minimum Gasteiger partial charge on any atom is -0.467 e. The van der Waals surface area contributed by atoms with Crippen molar-refractivity contribution in [2.24, 2.45) is 0 Å². The van der Waals surface area contributed by atoms with E-state index in [-0.39, 0.29) is 11.9 Å². The van der Waals surface area contributed by atoms with Crippen molar-refractivity contribution in [1.82, 2.24) is 23.8 Å². The van der Waals surface area contributed by atoms with E-state index in [2.05, 4.69) is 33.2 Å². The molecule has 8 nitrogen and oxygen atoms in total. The van der Waals surface area contributed by atoms with Crippen molar-refractivity contribution in [3.8, 4) is 5.19 Å². The van der Waals surface area contributed by atoms with Crippen LogP contribution in [0.2, 0.25) is 0 Å². The maximum Gasteiger partial charge on any atom is 0.274 e. The zero-order valence-corrected chi connectivity index (χ0v) is 22.2. The second-order valence-electron chi connectivity index (χ2n) is 8.86. The summed E-state index contributed by atoms with van der Waals surface area (Å²) in [6.45, 7) is 8.78. The average Bonchev–Trinajstić information content (AvgIpc) is 3.54. The normalized spacial score (nSPS) is 18.1. The number of hydrogen-bond donors (Lipinski definition) is 0. The van der Waals surface area contributed by atoms with Crippen LogP contribution in [0.5, 0.6) is 5.19 Å². The standard InChI is InChI=1S/C24H29N5O3S3/c1-3-14-35(30,31)29-12-6-18(7-13-29)19-4-5-21-23(15-19)34-24(25-21)32-20-8-10-28(11-9-20)17(2)22-16-33-27-26-22/h4-6,15-16,20H,2-3,7-14H2,1H3. The van der Waals surface area contributed by atoms with Crippen LogP contribution in [0.3, 0.4) is 0 Å². The Balaban J connectivity index is 1.21. The maximum absolute atomic E-state index is 12.3. The van der Waals surface area contributed by atoms with Crippen LogP contribution >= 0.6 is 22.9 Å². The second-order valence-corrected chi connectivity index (χ2v) is 12.5. The smallest absolute Gasteiger partial charge is 0.274 e. The van der Waals surface area contributed by atoms with Gasteiger partial charge in [-0.3, -0.25) is 0 Å². The Morgan fingerprint density at radius 3 is 2.77 bits per heavy atom. The molecule has 0 saturated carbocycles. The fraction of sp³-hybridized carbons (Fsp3) is 0.458. The Labute approximate surface area is 214 Å². The summed E-state index contributed by atoms with van der Waals surface area (Å²) in [5.74, 6) is 0.211. The van der Waals surface area contributed by atoms with Crippen LogP contribution in [0.15, 0.2) is 36.2 Å². The van der Waals surface area contributed by atoms with Crippen LogP contribution < -0.4 is 4.74 Å². The van der Waals surface area contributed by atoms with Crippen LogP contribution in [-0.4, -0.2) is 70.2 Å². The van der Waals surface area contributed by atoms with Crippen molar-refractivity contribution in [3.63, 3.8) is 0 Å². The number of rotatable bonds is 8. The van der Waals surface area contributed by atoms with E-state index < -0.39 is 10.0 Å². The zero-order chi connectivity index (χ0) is 24.4. The second kappa shape index (κ2) is 10.3. The van der Waals surface area contributed by atoms with Crippen LogP contribution in [0.1, 0.15) is 43.9 Å². The third-order valence-corrected chi connectivity index (χ3v) is 9.97. The number of sulfonamides is 1. The molecule has 0 aliphatic carbocycles. The molecule has 0 spiro atoms. The molecule has 1 saturated heterocycles. The maximum atomic E-state index is 12.3. The zero-order valence-electron chi connectivity index (χ0n) is 19.7. The van der Waals surface area contributed by atoms with Crippen molar-refractivity contribution >= 4 is 54.4 Å². The number of piperidine rings is 1. The number of hydrogen-bond acceptors (Lipinski definition) is 9. The third kappa shape index (κ3) is 5.42. The molecule has 0 N–H and O–H groups in total. The Hall–Kier alpha value is -2.34. The molecule has 35 heavy (non-hydrogen) atoms. The average molecular weight is 532 g/mol. The van der Waals surface area contributed by atoms with Gasteiger partial charge in [0.25, 0.3) is 5.19 Å². The molecule has 3 aromatic rings. The first-order chi connectivity index (χ1) is 16.9. The van der Waals surface area contributed by atoms with Crippen molar-refractivity contribution in [1.29, 1.82) is 0 Å². The fourth-order valence-corrected chi connectivity index (χ4v) is 7.38. The first-order valence-electron chi connectivity index (χ1n) is 11.9. The van der Waals surface area contributed by atoms with E-state index in [4.69, 9.17) is 9.72 Å². The highest BCUT2D eigenvalue weighted by Gasteiger charge is 2.25. The summed E-state index contributed by atoms with van der Waals surface area (Å²) in [5, 5.41) is 6.75. The molecule has 5 rings (SSSR count). The number of nitrogens with zero attached hydrogens (tertiary/aromatic N) is 5. The summed E-state index contributed by atoms with van der Waals surface area (Å²) in [4.78, 5) is 6.94. The number of thiazole rings is 1. The van der Waals surface area contributed by atoms with Crippen LogP contribution in [-0.2, 0) is 10.0 Å². The minimum atomic E-state index is -3.15. The molecule has 0 radical (unpaired) electrons. The molecule has 2 aliphatic heterocycles. The lowest BCUT2D eigenvalue weighted by atomic mass is 10.0. The molecule has 0 amide bonds. The lowest BCUT2D eigenvalue weighted by Gasteiger charge is -2.33. The van der Waals surface area contributed by atoms with Gasteiger partial charge in [-0.25, -0.2) is 13.4 Å². The van der Waals surface area contributed by atoms with E-state index in [9.17, 15) is 8.42 Å². The quantitative estimate of drug-likeness (QED) is 0.423.